The molecule has 17 heavy (non-hydrogen) atoms. The number of hydrogen-bond donors (Lipinski definition) is 2. The van der Waals surface area contributed by atoms with E-state index < -0.39 is 5.97 Å². The van der Waals surface area contributed by atoms with Crippen molar-refractivity contribution in [3.63, 3.8) is 0 Å². The van der Waals surface area contributed by atoms with Gasteiger partial charge in [-0.2, -0.15) is 0 Å². The molecule has 2 heterocycles. The fourth-order valence-electron chi connectivity index (χ4n) is 2.04. The second kappa shape index (κ2) is 4.79. The highest BCUT2D eigenvalue weighted by Crippen LogP contribution is 2.17. The minimum atomic E-state index is -0.949. The van der Waals surface area contributed by atoms with E-state index in [1.54, 1.807) is 0 Å². The van der Waals surface area contributed by atoms with Crippen LogP contribution in [0, 0.1) is 5.92 Å². The predicted molar refractivity (Wildman–Crippen MR) is 62.9 cm³/mol. The topological polar surface area (TPSA) is 75.1 Å². The lowest BCUT2D eigenvalue weighted by Gasteiger charge is -2.18. The summed E-state index contributed by atoms with van der Waals surface area (Å²) in [5, 5.41) is 12.4. The Morgan fingerprint density at radius 3 is 2.88 bits per heavy atom. The van der Waals surface area contributed by atoms with Crippen molar-refractivity contribution in [2.45, 2.75) is 33.2 Å². The van der Waals surface area contributed by atoms with Crippen molar-refractivity contribution in [2.75, 3.05) is 6.54 Å². The van der Waals surface area contributed by atoms with Gasteiger partial charge in [-0.05, 0) is 18.9 Å². The normalized spacial score (nSPS) is 14.8. The van der Waals surface area contributed by atoms with E-state index in [1.165, 1.54) is 0 Å². The maximum absolute atomic E-state index is 11.2. The van der Waals surface area contributed by atoms with Crippen LogP contribution in [0.4, 0.5) is 0 Å². The van der Waals surface area contributed by atoms with Gasteiger partial charge in [-0.15, -0.1) is 0 Å². The highest BCUT2D eigenvalue weighted by atomic mass is 16.4. The van der Waals surface area contributed by atoms with Crippen LogP contribution in [0.1, 0.15) is 41.4 Å². The largest absolute Gasteiger partial charge is 0.477 e. The highest BCUT2D eigenvalue weighted by molar-refractivity contribution is 5.87. The number of nitrogens with zero attached hydrogens (tertiary/aromatic N) is 2. The Morgan fingerprint density at radius 2 is 2.24 bits per heavy atom. The van der Waals surface area contributed by atoms with Crippen molar-refractivity contribution >= 4 is 5.97 Å². The average Bonchev–Trinajstić information content (AvgIpc) is 2.27. The molecule has 1 aromatic heterocycles. The summed E-state index contributed by atoms with van der Waals surface area (Å²) in [6.07, 6.45) is 1.41. The van der Waals surface area contributed by atoms with Crippen molar-refractivity contribution < 1.29 is 9.90 Å². The summed E-state index contributed by atoms with van der Waals surface area (Å²) >= 11 is 0. The lowest BCUT2D eigenvalue weighted by atomic mass is 10.0. The van der Waals surface area contributed by atoms with Gasteiger partial charge < -0.3 is 10.4 Å². The van der Waals surface area contributed by atoms with Gasteiger partial charge in [0.25, 0.3) is 0 Å². The molecule has 1 aliphatic heterocycles. The van der Waals surface area contributed by atoms with Gasteiger partial charge in [0.15, 0.2) is 5.69 Å². The predicted octanol–water partition coefficient (Wildman–Crippen LogP) is 1.02. The molecule has 0 aromatic carbocycles. The lowest BCUT2D eigenvalue weighted by Crippen LogP contribution is -2.28. The molecule has 0 radical (unpaired) electrons. The Kier molecular flexibility index (Phi) is 3.38. The first-order chi connectivity index (χ1) is 8.08. The monoisotopic (exact) mass is 235 g/mol. The molecule has 5 nitrogen and oxygen atoms in total. The summed E-state index contributed by atoms with van der Waals surface area (Å²) in [5.74, 6) is 0.113. The number of nitrogens with one attached hydrogen (secondary N) is 1. The Balaban J connectivity index is 2.44. The zero-order valence-electron chi connectivity index (χ0n) is 10.2. The fraction of sp³-hybridized carbons (Fsp3) is 0.583. The molecule has 92 valence electrons. The molecule has 1 aliphatic rings. The van der Waals surface area contributed by atoms with Crippen LogP contribution in [0.3, 0.4) is 0 Å². The van der Waals surface area contributed by atoms with Crippen LogP contribution >= 0.6 is 0 Å². The standard InChI is InChI=1S/C12H17N3O2/c1-7(2)5-10-14-9-6-13-4-3-8(9)11(15-10)12(16)17/h7,13H,3-6H2,1-2H3,(H,16,17). The van der Waals surface area contributed by atoms with E-state index in [2.05, 4.69) is 29.1 Å². The van der Waals surface area contributed by atoms with Crippen LogP contribution in [0.25, 0.3) is 0 Å². The van der Waals surface area contributed by atoms with Gasteiger partial charge in [-0.1, -0.05) is 13.8 Å². The summed E-state index contributed by atoms with van der Waals surface area (Å²) in [5.41, 5.74) is 1.83. The Hall–Kier alpha value is -1.49. The molecule has 0 unspecified atom stereocenters. The van der Waals surface area contributed by atoms with Crippen molar-refractivity contribution in [3.05, 3.63) is 22.8 Å². The van der Waals surface area contributed by atoms with Crippen LogP contribution in [0.5, 0.6) is 0 Å². The van der Waals surface area contributed by atoms with Gasteiger partial charge in [0, 0.05) is 18.5 Å². The molecule has 0 saturated carbocycles. The second-order valence-corrected chi connectivity index (χ2v) is 4.74. The first kappa shape index (κ1) is 12.0. The molecule has 0 atom stereocenters. The van der Waals surface area contributed by atoms with Gasteiger partial charge in [-0.25, -0.2) is 14.8 Å². The SMILES string of the molecule is CC(C)Cc1nc2c(c(C(=O)O)n1)CCNC2. The van der Waals surface area contributed by atoms with Gasteiger partial charge in [0.2, 0.25) is 0 Å². The molecule has 5 heteroatoms. The molecule has 2 N–H and O–H groups in total. The van der Waals surface area contributed by atoms with E-state index in [9.17, 15) is 9.90 Å². The van der Waals surface area contributed by atoms with Crippen LogP contribution in [0.2, 0.25) is 0 Å². The minimum Gasteiger partial charge on any atom is -0.477 e. The number of aromatic nitrogens is 2. The van der Waals surface area contributed by atoms with Gasteiger partial charge in [0.05, 0.1) is 5.69 Å². The molecular weight excluding hydrogens is 218 g/mol. The number of carboxylic acid groups (broad SMARTS) is 1. The van der Waals surface area contributed by atoms with Gasteiger partial charge in [-0.3, -0.25) is 0 Å². The number of aromatic carboxylic acids is 1. The van der Waals surface area contributed by atoms with Crippen molar-refractivity contribution in [3.8, 4) is 0 Å². The Morgan fingerprint density at radius 1 is 1.47 bits per heavy atom. The Labute approximate surface area is 100 Å². The molecule has 0 fully saturated rings. The minimum absolute atomic E-state index is 0.187. The van der Waals surface area contributed by atoms with E-state index in [4.69, 9.17) is 0 Å². The van der Waals surface area contributed by atoms with Crippen LogP contribution in [-0.4, -0.2) is 27.6 Å². The first-order valence-corrected chi connectivity index (χ1v) is 5.90. The van der Waals surface area contributed by atoms with Crippen LogP contribution in [0.15, 0.2) is 0 Å². The van der Waals surface area contributed by atoms with Crippen LogP contribution < -0.4 is 5.32 Å². The lowest BCUT2D eigenvalue weighted by molar-refractivity contribution is 0.0688. The zero-order chi connectivity index (χ0) is 12.4. The smallest absolute Gasteiger partial charge is 0.354 e. The average molecular weight is 235 g/mol. The zero-order valence-corrected chi connectivity index (χ0v) is 10.2. The summed E-state index contributed by atoms with van der Waals surface area (Å²) < 4.78 is 0. The van der Waals surface area contributed by atoms with E-state index in [0.29, 0.717) is 31.1 Å². The molecule has 2 rings (SSSR count). The van der Waals surface area contributed by atoms with Gasteiger partial charge >= 0.3 is 5.97 Å². The second-order valence-electron chi connectivity index (χ2n) is 4.74. The van der Waals surface area contributed by atoms with E-state index >= 15 is 0 Å². The third-order valence-corrected chi connectivity index (χ3v) is 2.78. The number of carboxylic acids is 1. The van der Waals surface area contributed by atoms with Crippen molar-refractivity contribution in [2.24, 2.45) is 5.92 Å². The number of fused-ring (bicyclic) bond motifs is 1. The molecule has 0 amide bonds. The van der Waals surface area contributed by atoms with Crippen molar-refractivity contribution in [1.29, 1.82) is 0 Å². The molecule has 0 aliphatic carbocycles. The quantitative estimate of drug-likeness (QED) is 0.818. The summed E-state index contributed by atoms with van der Waals surface area (Å²) in [7, 11) is 0. The summed E-state index contributed by atoms with van der Waals surface area (Å²) in [6.45, 7) is 5.58. The summed E-state index contributed by atoms with van der Waals surface area (Å²) in [4.78, 5) is 19.8. The number of rotatable bonds is 3. The number of hydrogen-bond acceptors (Lipinski definition) is 4. The third-order valence-electron chi connectivity index (χ3n) is 2.78. The maximum atomic E-state index is 11.2. The van der Waals surface area contributed by atoms with E-state index in [1.807, 2.05) is 0 Å². The third kappa shape index (κ3) is 2.61. The molecule has 0 spiro atoms. The first-order valence-electron chi connectivity index (χ1n) is 5.90. The summed E-state index contributed by atoms with van der Waals surface area (Å²) in [6, 6.07) is 0. The van der Waals surface area contributed by atoms with Crippen LogP contribution in [-0.2, 0) is 19.4 Å². The molecule has 0 saturated heterocycles. The number of carbonyl (C=O) groups is 1. The Bertz CT molecular complexity index is 444. The van der Waals surface area contributed by atoms with E-state index in [-0.39, 0.29) is 5.69 Å². The molecule has 1 aromatic rings. The molecular formula is C12H17N3O2. The fourth-order valence-corrected chi connectivity index (χ4v) is 2.04. The van der Waals surface area contributed by atoms with E-state index in [0.717, 1.165) is 17.8 Å². The molecule has 0 bridgehead atoms. The van der Waals surface area contributed by atoms with Gasteiger partial charge in [0.1, 0.15) is 5.82 Å². The highest BCUT2D eigenvalue weighted by Gasteiger charge is 2.21. The van der Waals surface area contributed by atoms with Crippen molar-refractivity contribution in [1.82, 2.24) is 15.3 Å². The maximum Gasteiger partial charge on any atom is 0.354 e.